The second-order valence-electron chi connectivity index (χ2n) is 8.68. The third-order valence-corrected chi connectivity index (χ3v) is 4.90. The molecule has 0 heterocycles. The first-order valence-electron chi connectivity index (χ1n) is 9.30. The molecule has 140 valence electrons. The van der Waals surface area contributed by atoms with Gasteiger partial charge in [-0.25, -0.2) is 4.79 Å². The van der Waals surface area contributed by atoms with Crippen LogP contribution in [0.2, 0.25) is 0 Å². The summed E-state index contributed by atoms with van der Waals surface area (Å²) in [5.41, 5.74) is -1.01. The summed E-state index contributed by atoms with van der Waals surface area (Å²) < 4.78 is 5.28. The molecule has 5 heteroatoms. The summed E-state index contributed by atoms with van der Waals surface area (Å²) in [4.78, 5) is 24.3. The Morgan fingerprint density at radius 2 is 1.67 bits per heavy atom. The van der Waals surface area contributed by atoms with E-state index < -0.39 is 17.2 Å². The minimum atomic E-state index is -0.525. The third-order valence-electron chi connectivity index (χ3n) is 4.90. The molecule has 1 fully saturated rings. The van der Waals surface area contributed by atoms with E-state index in [-0.39, 0.29) is 11.8 Å². The molecule has 0 radical (unpaired) electrons. The van der Waals surface area contributed by atoms with Crippen LogP contribution in [0, 0.1) is 11.8 Å². The molecule has 1 aliphatic carbocycles. The Kier molecular flexibility index (Phi) is 7.56. The first-order chi connectivity index (χ1) is 11.0. The molecule has 1 rings (SSSR count). The Bertz CT molecular complexity index is 423. The number of nitrogens with one attached hydrogen (secondary N) is 2. The van der Waals surface area contributed by atoms with Gasteiger partial charge in [0.05, 0.1) is 5.54 Å². The monoisotopic (exact) mass is 340 g/mol. The molecule has 1 saturated carbocycles. The molecule has 1 unspecified atom stereocenters. The average molecular weight is 341 g/mol. The Balaban J connectivity index is 2.53. The average Bonchev–Trinajstić information content (AvgIpc) is 2.44. The molecule has 0 aromatic heterocycles. The van der Waals surface area contributed by atoms with Crippen molar-refractivity contribution in [2.45, 2.75) is 91.2 Å². The Morgan fingerprint density at radius 3 is 2.17 bits per heavy atom. The summed E-state index contributed by atoms with van der Waals surface area (Å²) in [7, 11) is 0. The quantitative estimate of drug-likeness (QED) is 0.767. The van der Waals surface area contributed by atoms with E-state index in [1.54, 1.807) is 0 Å². The normalized spacial score (nSPS) is 18.8. The highest BCUT2D eigenvalue weighted by Gasteiger charge is 2.32. The van der Waals surface area contributed by atoms with Crippen molar-refractivity contribution in [2.75, 3.05) is 6.54 Å². The van der Waals surface area contributed by atoms with E-state index >= 15 is 0 Å². The molecule has 0 aliphatic heterocycles. The van der Waals surface area contributed by atoms with Gasteiger partial charge in [0.1, 0.15) is 5.60 Å². The van der Waals surface area contributed by atoms with Crippen LogP contribution in [0.5, 0.6) is 0 Å². The summed E-state index contributed by atoms with van der Waals surface area (Å²) in [5.74, 6) is 0.792. The van der Waals surface area contributed by atoms with Crippen molar-refractivity contribution in [1.29, 1.82) is 0 Å². The number of rotatable bonds is 6. The van der Waals surface area contributed by atoms with Crippen molar-refractivity contribution in [1.82, 2.24) is 10.6 Å². The summed E-state index contributed by atoms with van der Waals surface area (Å²) >= 11 is 0. The summed E-state index contributed by atoms with van der Waals surface area (Å²) in [5, 5.41) is 5.94. The molecular weight excluding hydrogens is 304 g/mol. The number of alkyl carbamates (subject to hydrolysis) is 1. The third kappa shape index (κ3) is 7.54. The lowest BCUT2D eigenvalue weighted by Crippen LogP contribution is -2.57. The lowest BCUT2D eigenvalue weighted by atomic mass is 9.85. The van der Waals surface area contributed by atoms with Gasteiger partial charge < -0.3 is 15.4 Å². The fraction of sp³-hybridized carbons (Fsp3) is 0.895. The van der Waals surface area contributed by atoms with Gasteiger partial charge in [-0.05, 0) is 52.4 Å². The molecule has 1 aliphatic rings. The van der Waals surface area contributed by atoms with Gasteiger partial charge in [0.25, 0.3) is 0 Å². The maximum Gasteiger partial charge on any atom is 0.407 e. The van der Waals surface area contributed by atoms with E-state index in [1.165, 1.54) is 19.3 Å². The molecule has 1 atom stereocenters. The molecule has 24 heavy (non-hydrogen) atoms. The van der Waals surface area contributed by atoms with Crippen LogP contribution in [0.15, 0.2) is 0 Å². The predicted molar refractivity (Wildman–Crippen MR) is 96.8 cm³/mol. The van der Waals surface area contributed by atoms with Crippen LogP contribution in [0.4, 0.5) is 4.79 Å². The van der Waals surface area contributed by atoms with Crippen molar-refractivity contribution in [2.24, 2.45) is 11.8 Å². The molecule has 0 aromatic carbocycles. The van der Waals surface area contributed by atoms with Gasteiger partial charge in [-0.3, -0.25) is 4.79 Å². The standard InChI is InChI=1S/C19H36N2O3/c1-14(2)19(6,13-20-17(23)24-18(3,4)5)21-16(22)12-15-10-8-7-9-11-15/h14-15H,7-13H2,1-6H3,(H,20,23)(H,21,22). The Hall–Kier alpha value is -1.26. The zero-order chi connectivity index (χ0) is 18.4. The van der Waals surface area contributed by atoms with Crippen molar-refractivity contribution < 1.29 is 14.3 Å². The highest BCUT2D eigenvalue weighted by Crippen LogP contribution is 2.26. The molecule has 0 bridgehead atoms. The number of carbonyl (C=O) groups excluding carboxylic acids is 2. The van der Waals surface area contributed by atoms with E-state index in [0.717, 1.165) is 12.8 Å². The predicted octanol–water partition coefficient (Wildman–Crippen LogP) is 4.01. The van der Waals surface area contributed by atoms with Gasteiger partial charge in [0.2, 0.25) is 5.91 Å². The Morgan fingerprint density at radius 1 is 1.08 bits per heavy atom. The van der Waals surface area contributed by atoms with E-state index in [2.05, 4.69) is 24.5 Å². The first-order valence-corrected chi connectivity index (χ1v) is 9.30. The van der Waals surface area contributed by atoms with Crippen LogP contribution < -0.4 is 10.6 Å². The molecule has 5 nitrogen and oxygen atoms in total. The lowest BCUT2D eigenvalue weighted by molar-refractivity contribution is -0.124. The minimum Gasteiger partial charge on any atom is -0.444 e. The van der Waals surface area contributed by atoms with Crippen LogP contribution in [0.1, 0.15) is 80.1 Å². The van der Waals surface area contributed by atoms with Crippen LogP contribution >= 0.6 is 0 Å². The van der Waals surface area contributed by atoms with Crippen molar-refractivity contribution in [3.05, 3.63) is 0 Å². The smallest absolute Gasteiger partial charge is 0.407 e. The lowest BCUT2D eigenvalue weighted by Gasteiger charge is -2.36. The topological polar surface area (TPSA) is 67.4 Å². The fourth-order valence-electron chi connectivity index (χ4n) is 2.99. The first kappa shape index (κ1) is 20.8. The van der Waals surface area contributed by atoms with E-state index in [4.69, 9.17) is 4.74 Å². The highest BCUT2D eigenvalue weighted by molar-refractivity contribution is 5.77. The molecule has 0 saturated heterocycles. The van der Waals surface area contributed by atoms with Gasteiger partial charge in [-0.15, -0.1) is 0 Å². The van der Waals surface area contributed by atoms with Gasteiger partial charge in [0, 0.05) is 13.0 Å². The SMILES string of the molecule is CC(C)C(C)(CNC(=O)OC(C)(C)C)NC(=O)CC1CCCCC1. The maximum atomic E-state index is 12.4. The summed E-state index contributed by atoms with van der Waals surface area (Å²) in [6.07, 6.45) is 6.22. The van der Waals surface area contributed by atoms with Gasteiger partial charge in [-0.2, -0.15) is 0 Å². The number of amides is 2. The summed E-state index contributed by atoms with van der Waals surface area (Å²) in [6, 6.07) is 0. The van der Waals surface area contributed by atoms with Crippen LogP contribution in [0.3, 0.4) is 0 Å². The zero-order valence-corrected chi connectivity index (χ0v) is 16.3. The van der Waals surface area contributed by atoms with Gasteiger partial charge in [-0.1, -0.05) is 33.1 Å². The maximum absolute atomic E-state index is 12.4. The molecule has 2 N–H and O–H groups in total. The van der Waals surface area contributed by atoms with Gasteiger partial charge >= 0.3 is 6.09 Å². The van der Waals surface area contributed by atoms with E-state index in [0.29, 0.717) is 18.9 Å². The van der Waals surface area contributed by atoms with Crippen molar-refractivity contribution in [3.8, 4) is 0 Å². The fourth-order valence-corrected chi connectivity index (χ4v) is 2.99. The number of carbonyl (C=O) groups is 2. The number of hydrogen-bond acceptors (Lipinski definition) is 3. The molecule has 2 amide bonds. The minimum absolute atomic E-state index is 0.0871. The second-order valence-corrected chi connectivity index (χ2v) is 8.68. The second kappa shape index (κ2) is 8.72. The number of hydrogen-bond donors (Lipinski definition) is 2. The molecule has 0 aromatic rings. The number of ether oxygens (including phenoxy) is 1. The van der Waals surface area contributed by atoms with E-state index in [1.807, 2.05) is 27.7 Å². The molecule has 0 spiro atoms. The van der Waals surface area contributed by atoms with Crippen molar-refractivity contribution >= 4 is 12.0 Å². The van der Waals surface area contributed by atoms with Crippen molar-refractivity contribution in [3.63, 3.8) is 0 Å². The van der Waals surface area contributed by atoms with Gasteiger partial charge in [0.15, 0.2) is 0 Å². The largest absolute Gasteiger partial charge is 0.444 e. The van der Waals surface area contributed by atoms with Crippen LogP contribution in [0.25, 0.3) is 0 Å². The zero-order valence-electron chi connectivity index (χ0n) is 16.3. The van der Waals surface area contributed by atoms with Crippen LogP contribution in [-0.2, 0) is 9.53 Å². The van der Waals surface area contributed by atoms with E-state index in [9.17, 15) is 9.59 Å². The Labute approximate surface area is 147 Å². The summed E-state index contributed by atoms with van der Waals surface area (Å²) in [6.45, 7) is 11.9. The molecular formula is C19H36N2O3. The highest BCUT2D eigenvalue weighted by atomic mass is 16.6. The van der Waals surface area contributed by atoms with Crippen LogP contribution in [-0.4, -0.2) is 29.7 Å².